The Morgan fingerprint density at radius 2 is 2.00 bits per heavy atom. The molecule has 1 aromatic carbocycles. The highest BCUT2D eigenvalue weighted by atomic mass is 16.5. The van der Waals surface area contributed by atoms with Crippen molar-refractivity contribution in [2.75, 3.05) is 11.9 Å². The van der Waals surface area contributed by atoms with Gasteiger partial charge in [0.25, 0.3) is 0 Å². The molecule has 2 aromatic rings. The van der Waals surface area contributed by atoms with Crippen LogP contribution in [0.2, 0.25) is 0 Å². The molecule has 0 fully saturated rings. The molecular formula is C16H23N3O. The zero-order valence-electron chi connectivity index (χ0n) is 12.7. The molecule has 0 aliphatic carbocycles. The lowest BCUT2D eigenvalue weighted by Gasteiger charge is -2.18. The molecule has 0 spiro atoms. The summed E-state index contributed by atoms with van der Waals surface area (Å²) in [6.07, 6.45) is 3.98. The molecule has 2 rings (SSSR count). The Morgan fingerprint density at radius 1 is 1.25 bits per heavy atom. The minimum absolute atomic E-state index is 0.0154. The van der Waals surface area contributed by atoms with Crippen molar-refractivity contribution in [3.63, 3.8) is 0 Å². The van der Waals surface area contributed by atoms with Gasteiger partial charge in [-0.15, -0.1) is 0 Å². The SMILES string of the molecule is CCOc1ccccc1NCc1cnn(C(C)(C)C)c1. The van der Waals surface area contributed by atoms with E-state index < -0.39 is 0 Å². The van der Waals surface area contributed by atoms with Gasteiger partial charge in [0.1, 0.15) is 5.75 Å². The molecule has 0 bridgehead atoms. The van der Waals surface area contributed by atoms with Crippen molar-refractivity contribution < 1.29 is 4.74 Å². The summed E-state index contributed by atoms with van der Waals surface area (Å²) in [6.45, 7) is 9.82. The first-order valence-corrected chi connectivity index (χ1v) is 7.00. The van der Waals surface area contributed by atoms with Gasteiger partial charge in [0.2, 0.25) is 0 Å². The quantitative estimate of drug-likeness (QED) is 0.903. The van der Waals surface area contributed by atoms with E-state index in [0.717, 1.165) is 23.5 Å². The van der Waals surface area contributed by atoms with Crippen LogP contribution < -0.4 is 10.1 Å². The lowest BCUT2D eigenvalue weighted by molar-refractivity contribution is 0.341. The first kappa shape index (κ1) is 14.4. The van der Waals surface area contributed by atoms with Gasteiger partial charge in [-0.1, -0.05) is 12.1 Å². The van der Waals surface area contributed by atoms with Crippen molar-refractivity contribution in [3.8, 4) is 5.75 Å². The van der Waals surface area contributed by atoms with Crippen LogP contribution in [0, 0.1) is 0 Å². The van der Waals surface area contributed by atoms with E-state index in [9.17, 15) is 0 Å². The minimum atomic E-state index is 0.0154. The first-order valence-electron chi connectivity index (χ1n) is 7.00. The summed E-state index contributed by atoms with van der Waals surface area (Å²) in [5.41, 5.74) is 2.19. The zero-order chi connectivity index (χ0) is 14.6. The molecule has 0 aliphatic rings. The molecule has 1 heterocycles. The predicted octanol–water partition coefficient (Wildman–Crippen LogP) is 3.65. The Hall–Kier alpha value is -1.97. The average Bonchev–Trinajstić information content (AvgIpc) is 2.87. The number of aromatic nitrogens is 2. The smallest absolute Gasteiger partial charge is 0.142 e. The topological polar surface area (TPSA) is 39.1 Å². The fourth-order valence-corrected chi connectivity index (χ4v) is 1.91. The van der Waals surface area contributed by atoms with Crippen molar-refractivity contribution >= 4 is 5.69 Å². The van der Waals surface area contributed by atoms with Crippen LogP contribution in [0.25, 0.3) is 0 Å². The molecule has 20 heavy (non-hydrogen) atoms. The lowest BCUT2D eigenvalue weighted by atomic mass is 10.1. The van der Waals surface area contributed by atoms with Gasteiger partial charge in [-0.05, 0) is 39.8 Å². The second kappa shape index (κ2) is 5.99. The Labute approximate surface area is 120 Å². The molecule has 0 saturated heterocycles. The van der Waals surface area contributed by atoms with Gasteiger partial charge in [0.05, 0.1) is 24.0 Å². The fraction of sp³-hybridized carbons (Fsp3) is 0.438. The van der Waals surface area contributed by atoms with E-state index in [-0.39, 0.29) is 5.54 Å². The highest BCUT2D eigenvalue weighted by molar-refractivity contribution is 5.56. The van der Waals surface area contributed by atoms with Crippen molar-refractivity contribution in [2.24, 2.45) is 0 Å². The van der Waals surface area contributed by atoms with E-state index in [4.69, 9.17) is 4.74 Å². The summed E-state index contributed by atoms with van der Waals surface area (Å²) in [6, 6.07) is 7.99. The largest absolute Gasteiger partial charge is 0.492 e. The second-order valence-corrected chi connectivity index (χ2v) is 5.75. The van der Waals surface area contributed by atoms with Gasteiger partial charge in [-0.3, -0.25) is 4.68 Å². The van der Waals surface area contributed by atoms with Gasteiger partial charge in [0.15, 0.2) is 0 Å². The highest BCUT2D eigenvalue weighted by Gasteiger charge is 2.13. The molecule has 0 aliphatic heterocycles. The van der Waals surface area contributed by atoms with E-state index in [0.29, 0.717) is 6.61 Å². The average molecular weight is 273 g/mol. The summed E-state index contributed by atoms with van der Waals surface area (Å²) >= 11 is 0. The van der Waals surface area contributed by atoms with Crippen LogP contribution in [0.3, 0.4) is 0 Å². The summed E-state index contributed by atoms with van der Waals surface area (Å²) in [7, 11) is 0. The van der Waals surface area contributed by atoms with Crippen molar-refractivity contribution in [3.05, 3.63) is 42.2 Å². The van der Waals surface area contributed by atoms with Crippen LogP contribution in [0.5, 0.6) is 5.75 Å². The number of hydrogen-bond donors (Lipinski definition) is 1. The summed E-state index contributed by atoms with van der Waals surface area (Å²) in [5, 5.41) is 7.80. The van der Waals surface area contributed by atoms with Crippen molar-refractivity contribution in [2.45, 2.75) is 39.8 Å². The normalized spacial score (nSPS) is 11.4. The summed E-state index contributed by atoms with van der Waals surface area (Å²) < 4.78 is 7.59. The molecule has 108 valence electrons. The number of benzene rings is 1. The maximum absolute atomic E-state index is 5.60. The number of ether oxygens (including phenoxy) is 1. The van der Waals surface area contributed by atoms with Gasteiger partial charge < -0.3 is 10.1 Å². The third kappa shape index (κ3) is 3.53. The van der Waals surface area contributed by atoms with E-state index in [1.165, 1.54) is 0 Å². The van der Waals surface area contributed by atoms with Crippen LogP contribution in [-0.4, -0.2) is 16.4 Å². The standard InChI is InChI=1S/C16H23N3O/c1-5-20-15-9-7-6-8-14(15)17-10-13-11-18-19(12-13)16(2,3)4/h6-9,11-12,17H,5,10H2,1-4H3. The summed E-state index contributed by atoms with van der Waals surface area (Å²) in [5.74, 6) is 0.887. The summed E-state index contributed by atoms with van der Waals surface area (Å²) in [4.78, 5) is 0. The van der Waals surface area contributed by atoms with Gasteiger partial charge >= 0.3 is 0 Å². The number of anilines is 1. The highest BCUT2D eigenvalue weighted by Crippen LogP contribution is 2.24. The van der Waals surface area contributed by atoms with Crippen molar-refractivity contribution in [1.82, 2.24) is 9.78 Å². The molecule has 1 aromatic heterocycles. The third-order valence-electron chi connectivity index (χ3n) is 2.99. The predicted molar refractivity (Wildman–Crippen MR) is 82.2 cm³/mol. The van der Waals surface area contributed by atoms with Crippen LogP contribution >= 0.6 is 0 Å². The van der Waals surface area contributed by atoms with E-state index >= 15 is 0 Å². The fourth-order valence-electron chi connectivity index (χ4n) is 1.91. The number of rotatable bonds is 5. The van der Waals surface area contributed by atoms with Crippen molar-refractivity contribution in [1.29, 1.82) is 0 Å². The van der Waals surface area contributed by atoms with E-state index in [1.54, 1.807) is 0 Å². The Kier molecular flexibility index (Phi) is 4.32. The molecule has 1 N–H and O–H groups in total. The Balaban J connectivity index is 2.04. The number of nitrogens with zero attached hydrogens (tertiary/aromatic N) is 2. The first-order chi connectivity index (χ1) is 9.50. The number of nitrogens with one attached hydrogen (secondary N) is 1. The number of hydrogen-bond acceptors (Lipinski definition) is 3. The maximum Gasteiger partial charge on any atom is 0.142 e. The number of para-hydroxylation sites is 2. The Morgan fingerprint density at radius 3 is 2.65 bits per heavy atom. The van der Waals surface area contributed by atoms with E-state index in [2.05, 4.69) is 37.4 Å². The van der Waals surface area contributed by atoms with Crippen LogP contribution in [-0.2, 0) is 12.1 Å². The van der Waals surface area contributed by atoms with Gasteiger partial charge in [-0.25, -0.2) is 0 Å². The molecule has 4 heteroatoms. The molecule has 0 saturated carbocycles. The monoisotopic (exact) mass is 273 g/mol. The molecule has 0 unspecified atom stereocenters. The van der Waals surface area contributed by atoms with Crippen LogP contribution in [0.1, 0.15) is 33.3 Å². The second-order valence-electron chi connectivity index (χ2n) is 5.75. The third-order valence-corrected chi connectivity index (χ3v) is 2.99. The van der Waals surface area contributed by atoms with Crippen LogP contribution in [0.15, 0.2) is 36.7 Å². The van der Waals surface area contributed by atoms with Gasteiger partial charge in [-0.2, -0.15) is 5.10 Å². The van der Waals surface area contributed by atoms with Crippen LogP contribution in [0.4, 0.5) is 5.69 Å². The van der Waals surface area contributed by atoms with E-state index in [1.807, 2.05) is 42.1 Å². The Bertz CT molecular complexity index is 555. The van der Waals surface area contributed by atoms with Gasteiger partial charge in [0, 0.05) is 18.3 Å². The molecule has 4 nitrogen and oxygen atoms in total. The zero-order valence-corrected chi connectivity index (χ0v) is 12.7. The lowest BCUT2D eigenvalue weighted by Crippen LogP contribution is -2.21. The maximum atomic E-state index is 5.60. The molecular weight excluding hydrogens is 250 g/mol. The molecule has 0 amide bonds. The molecule has 0 atom stereocenters. The minimum Gasteiger partial charge on any atom is -0.492 e. The molecule has 0 radical (unpaired) electrons.